The molecule has 1 N–H and O–H groups in total. The molecular weight excluding hydrogens is 206 g/mol. The number of phenolic OH excluding ortho intramolecular Hbond substituents is 1. The number of carbonyl (C=O) groups excluding carboxylic acids is 1. The SMILES string of the molecule is COC(=O)c1c(O)ccc(C#N)c1Cl. The van der Waals surface area contributed by atoms with Gasteiger partial charge in [-0.1, -0.05) is 11.6 Å². The number of aromatic hydroxyl groups is 1. The van der Waals surface area contributed by atoms with Crippen molar-refractivity contribution < 1.29 is 14.6 Å². The van der Waals surface area contributed by atoms with Gasteiger partial charge in [-0.2, -0.15) is 5.26 Å². The molecule has 0 radical (unpaired) electrons. The molecule has 0 heterocycles. The van der Waals surface area contributed by atoms with Gasteiger partial charge in [0.15, 0.2) is 0 Å². The lowest BCUT2D eigenvalue weighted by molar-refractivity contribution is 0.0597. The van der Waals surface area contributed by atoms with Crippen molar-refractivity contribution in [1.29, 1.82) is 5.26 Å². The normalized spacial score (nSPS) is 9.21. The number of methoxy groups -OCH3 is 1. The summed E-state index contributed by atoms with van der Waals surface area (Å²) in [6, 6.07) is 4.33. The van der Waals surface area contributed by atoms with Crippen LogP contribution < -0.4 is 0 Å². The zero-order chi connectivity index (χ0) is 10.7. The summed E-state index contributed by atoms with van der Waals surface area (Å²) in [5, 5.41) is 17.8. The van der Waals surface area contributed by atoms with Crippen LogP contribution in [-0.2, 0) is 4.74 Å². The lowest BCUT2D eigenvalue weighted by Gasteiger charge is -2.05. The first-order valence-corrected chi connectivity index (χ1v) is 3.99. The van der Waals surface area contributed by atoms with Gasteiger partial charge in [0.25, 0.3) is 0 Å². The Labute approximate surface area is 85.3 Å². The van der Waals surface area contributed by atoms with Crippen LogP contribution in [0.1, 0.15) is 15.9 Å². The van der Waals surface area contributed by atoms with E-state index in [1.165, 1.54) is 12.1 Å². The number of ether oxygens (including phenoxy) is 1. The number of benzene rings is 1. The Morgan fingerprint density at radius 2 is 2.29 bits per heavy atom. The highest BCUT2D eigenvalue weighted by Crippen LogP contribution is 2.29. The van der Waals surface area contributed by atoms with E-state index in [4.69, 9.17) is 16.9 Å². The second-order valence-electron chi connectivity index (χ2n) is 2.42. The Kier molecular flexibility index (Phi) is 2.95. The fourth-order valence-electron chi connectivity index (χ4n) is 0.948. The number of hydrogen-bond donors (Lipinski definition) is 1. The van der Waals surface area contributed by atoms with Crippen LogP contribution in [0.5, 0.6) is 5.75 Å². The molecule has 14 heavy (non-hydrogen) atoms. The third-order valence-electron chi connectivity index (χ3n) is 1.63. The van der Waals surface area contributed by atoms with Crippen molar-refractivity contribution in [1.82, 2.24) is 0 Å². The van der Waals surface area contributed by atoms with E-state index in [0.29, 0.717) is 0 Å². The highest BCUT2D eigenvalue weighted by atomic mass is 35.5. The average Bonchev–Trinajstić information content (AvgIpc) is 2.18. The molecule has 0 atom stereocenters. The summed E-state index contributed by atoms with van der Waals surface area (Å²) in [7, 11) is 1.16. The van der Waals surface area contributed by atoms with Crippen LogP contribution in [0.2, 0.25) is 5.02 Å². The average molecular weight is 212 g/mol. The highest BCUT2D eigenvalue weighted by molar-refractivity contribution is 6.35. The zero-order valence-electron chi connectivity index (χ0n) is 7.24. The predicted octanol–water partition coefficient (Wildman–Crippen LogP) is 1.70. The molecule has 0 bridgehead atoms. The number of nitrogens with zero attached hydrogens (tertiary/aromatic N) is 1. The first kappa shape index (κ1) is 10.4. The highest BCUT2D eigenvalue weighted by Gasteiger charge is 2.18. The van der Waals surface area contributed by atoms with Crippen molar-refractivity contribution >= 4 is 17.6 Å². The summed E-state index contributed by atoms with van der Waals surface area (Å²) < 4.78 is 4.40. The zero-order valence-corrected chi connectivity index (χ0v) is 8.00. The molecule has 72 valence electrons. The number of nitriles is 1. The fraction of sp³-hybridized carbons (Fsp3) is 0.111. The van der Waals surface area contributed by atoms with Crippen LogP contribution in [0.3, 0.4) is 0 Å². The molecule has 0 saturated heterocycles. The minimum atomic E-state index is -0.774. The summed E-state index contributed by atoms with van der Waals surface area (Å²) in [5.74, 6) is -1.08. The maximum atomic E-state index is 11.1. The maximum absolute atomic E-state index is 11.1. The molecule has 0 fully saturated rings. The number of esters is 1. The smallest absolute Gasteiger partial charge is 0.343 e. The topological polar surface area (TPSA) is 70.3 Å². The Balaban J connectivity index is 3.42. The molecule has 1 aromatic rings. The molecule has 0 unspecified atom stereocenters. The second-order valence-corrected chi connectivity index (χ2v) is 2.80. The molecule has 0 aliphatic carbocycles. The van der Waals surface area contributed by atoms with Crippen LogP contribution in [0, 0.1) is 11.3 Å². The summed E-state index contributed by atoms with van der Waals surface area (Å²) in [4.78, 5) is 11.1. The number of carbonyl (C=O) groups is 1. The van der Waals surface area contributed by atoms with Crippen molar-refractivity contribution in [3.63, 3.8) is 0 Å². The van der Waals surface area contributed by atoms with Gasteiger partial charge in [0, 0.05) is 0 Å². The fourth-order valence-corrected chi connectivity index (χ4v) is 1.23. The van der Waals surface area contributed by atoms with E-state index >= 15 is 0 Å². The first-order chi connectivity index (χ1) is 6.61. The number of phenols is 1. The van der Waals surface area contributed by atoms with Crippen molar-refractivity contribution in [3.05, 3.63) is 28.3 Å². The van der Waals surface area contributed by atoms with Crippen molar-refractivity contribution in [2.45, 2.75) is 0 Å². The molecule has 0 aromatic heterocycles. The van der Waals surface area contributed by atoms with E-state index in [9.17, 15) is 9.90 Å². The van der Waals surface area contributed by atoms with Gasteiger partial charge in [-0.05, 0) is 12.1 Å². The lowest BCUT2D eigenvalue weighted by Crippen LogP contribution is -2.03. The van der Waals surface area contributed by atoms with Gasteiger partial charge in [0.1, 0.15) is 17.4 Å². The van der Waals surface area contributed by atoms with Crippen molar-refractivity contribution in [3.8, 4) is 11.8 Å². The van der Waals surface area contributed by atoms with Crippen molar-refractivity contribution in [2.24, 2.45) is 0 Å². The molecule has 0 spiro atoms. The maximum Gasteiger partial charge on any atom is 0.343 e. The monoisotopic (exact) mass is 211 g/mol. The number of halogens is 1. The molecule has 1 aromatic carbocycles. The summed E-state index contributed by atoms with van der Waals surface area (Å²) in [5.41, 5.74) is -0.0712. The quantitative estimate of drug-likeness (QED) is 0.718. The third kappa shape index (κ3) is 1.63. The third-order valence-corrected chi connectivity index (χ3v) is 2.02. The van der Waals surface area contributed by atoms with Gasteiger partial charge in [0.05, 0.1) is 17.7 Å². The van der Waals surface area contributed by atoms with E-state index < -0.39 is 5.97 Å². The van der Waals surface area contributed by atoms with Gasteiger partial charge in [-0.25, -0.2) is 4.79 Å². The van der Waals surface area contributed by atoms with Crippen LogP contribution in [0.15, 0.2) is 12.1 Å². The van der Waals surface area contributed by atoms with Crippen LogP contribution in [0.4, 0.5) is 0 Å². The summed E-state index contributed by atoms with van der Waals surface area (Å²) in [6.07, 6.45) is 0. The molecule has 0 amide bonds. The molecule has 0 saturated carbocycles. The minimum absolute atomic E-state index is 0.0978. The standard InChI is InChI=1S/C9H6ClNO3/c1-14-9(13)7-6(12)3-2-5(4-11)8(7)10/h2-3,12H,1H3. The van der Waals surface area contributed by atoms with Crippen molar-refractivity contribution in [2.75, 3.05) is 7.11 Å². The first-order valence-electron chi connectivity index (χ1n) is 3.61. The predicted molar refractivity (Wildman–Crippen MR) is 49.2 cm³/mol. The molecular formula is C9H6ClNO3. The van der Waals surface area contributed by atoms with Gasteiger partial charge < -0.3 is 9.84 Å². The molecule has 0 aliphatic heterocycles. The van der Waals surface area contributed by atoms with E-state index in [0.717, 1.165) is 7.11 Å². The van der Waals surface area contributed by atoms with Crippen LogP contribution in [0.25, 0.3) is 0 Å². The van der Waals surface area contributed by atoms with E-state index in [2.05, 4.69) is 4.74 Å². The Morgan fingerprint density at radius 3 is 2.79 bits per heavy atom. The van der Waals surface area contributed by atoms with E-state index in [1.54, 1.807) is 6.07 Å². The van der Waals surface area contributed by atoms with Gasteiger partial charge in [0.2, 0.25) is 0 Å². The molecule has 4 nitrogen and oxygen atoms in total. The van der Waals surface area contributed by atoms with E-state index in [1.807, 2.05) is 0 Å². The number of hydrogen-bond acceptors (Lipinski definition) is 4. The molecule has 1 rings (SSSR count). The molecule has 0 aliphatic rings. The lowest BCUT2D eigenvalue weighted by atomic mass is 10.1. The second kappa shape index (κ2) is 3.99. The van der Waals surface area contributed by atoms with Gasteiger partial charge >= 0.3 is 5.97 Å². The number of rotatable bonds is 1. The van der Waals surface area contributed by atoms with Crippen LogP contribution in [-0.4, -0.2) is 18.2 Å². The minimum Gasteiger partial charge on any atom is -0.507 e. The van der Waals surface area contributed by atoms with Gasteiger partial charge in [-0.15, -0.1) is 0 Å². The van der Waals surface area contributed by atoms with E-state index in [-0.39, 0.29) is 21.9 Å². The summed E-state index contributed by atoms with van der Waals surface area (Å²) >= 11 is 5.70. The summed E-state index contributed by atoms with van der Waals surface area (Å²) in [6.45, 7) is 0. The largest absolute Gasteiger partial charge is 0.507 e. The van der Waals surface area contributed by atoms with Crippen LogP contribution >= 0.6 is 11.6 Å². The van der Waals surface area contributed by atoms with Gasteiger partial charge in [-0.3, -0.25) is 0 Å². The Bertz CT molecular complexity index is 423. The Hall–Kier alpha value is -1.73. The molecule has 5 heteroatoms. The Morgan fingerprint density at radius 1 is 1.64 bits per heavy atom.